The van der Waals surface area contributed by atoms with E-state index >= 15 is 0 Å². The number of aliphatic hydroxyl groups excluding tert-OH is 2. The van der Waals surface area contributed by atoms with Crippen LogP contribution in [0.2, 0.25) is 0 Å². The maximum atomic E-state index is 12.3. The molecule has 0 spiro atoms. The van der Waals surface area contributed by atoms with Gasteiger partial charge in [-0.05, 0) is 12.8 Å². The minimum Gasteiger partial charge on any atom is -0.393 e. The molecule has 0 bridgehead atoms. The van der Waals surface area contributed by atoms with Gasteiger partial charge in [0.15, 0.2) is 5.78 Å². The van der Waals surface area contributed by atoms with Crippen molar-refractivity contribution >= 4 is 5.78 Å². The van der Waals surface area contributed by atoms with E-state index in [4.69, 9.17) is 0 Å². The SMILES string of the molecule is CCCCCCCCCCCCCCCCCCCCC(O)(CO)C(O)C(=O)CCCCCCC. The van der Waals surface area contributed by atoms with Gasteiger partial charge in [-0.2, -0.15) is 0 Å². The average Bonchev–Trinajstić information content (AvgIpc) is 2.87. The highest BCUT2D eigenvalue weighted by Crippen LogP contribution is 2.22. The highest BCUT2D eigenvalue weighted by Gasteiger charge is 2.38. The molecule has 0 aliphatic heterocycles. The number of aliphatic hydroxyl groups is 3. The molecule has 0 amide bonds. The van der Waals surface area contributed by atoms with Gasteiger partial charge in [0.2, 0.25) is 0 Å². The van der Waals surface area contributed by atoms with Crippen LogP contribution < -0.4 is 0 Å². The quantitative estimate of drug-likeness (QED) is 0.0946. The lowest BCUT2D eigenvalue weighted by Gasteiger charge is -2.30. The summed E-state index contributed by atoms with van der Waals surface area (Å²) in [5, 5.41) is 30.6. The molecule has 2 unspecified atom stereocenters. The van der Waals surface area contributed by atoms with Crippen LogP contribution in [0.25, 0.3) is 0 Å². The molecule has 2 atom stereocenters. The molecule has 0 heterocycles. The minimum atomic E-state index is -1.68. The lowest BCUT2D eigenvalue weighted by Crippen LogP contribution is -2.50. The molecular weight excluding hydrogens is 436 g/mol. The van der Waals surface area contributed by atoms with Gasteiger partial charge >= 0.3 is 0 Å². The van der Waals surface area contributed by atoms with Crippen molar-refractivity contribution in [2.75, 3.05) is 6.61 Å². The van der Waals surface area contributed by atoms with Gasteiger partial charge < -0.3 is 15.3 Å². The molecule has 0 rings (SSSR count). The van der Waals surface area contributed by atoms with Crippen LogP contribution in [0.1, 0.15) is 174 Å². The van der Waals surface area contributed by atoms with Crippen molar-refractivity contribution in [1.29, 1.82) is 0 Å². The van der Waals surface area contributed by atoms with Crippen LogP contribution in [0.4, 0.5) is 0 Å². The van der Waals surface area contributed by atoms with Gasteiger partial charge in [0.1, 0.15) is 11.7 Å². The van der Waals surface area contributed by atoms with Crippen LogP contribution in [0.5, 0.6) is 0 Å². The molecule has 0 fully saturated rings. The molecule has 35 heavy (non-hydrogen) atoms. The molecule has 0 radical (unpaired) electrons. The third-order valence-corrected chi connectivity index (χ3v) is 7.58. The van der Waals surface area contributed by atoms with Crippen LogP contribution in [0.3, 0.4) is 0 Å². The fourth-order valence-electron chi connectivity index (χ4n) is 4.97. The second-order valence-electron chi connectivity index (χ2n) is 11.1. The first-order chi connectivity index (χ1) is 17.0. The lowest BCUT2D eigenvalue weighted by atomic mass is 9.87. The molecule has 210 valence electrons. The lowest BCUT2D eigenvalue weighted by molar-refractivity contribution is -0.151. The maximum absolute atomic E-state index is 12.3. The van der Waals surface area contributed by atoms with Crippen LogP contribution in [0.15, 0.2) is 0 Å². The molecule has 0 saturated heterocycles. The normalized spacial score (nSPS) is 14.2. The monoisotopic (exact) mass is 498 g/mol. The van der Waals surface area contributed by atoms with E-state index in [2.05, 4.69) is 13.8 Å². The molecule has 0 saturated carbocycles. The summed E-state index contributed by atoms with van der Waals surface area (Å²) < 4.78 is 0. The zero-order valence-electron chi connectivity index (χ0n) is 23.7. The maximum Gasteiger partial charge on any atom is 0.164 e. The number of ketones is 1. The van der Waals surface area contributed by atoms with E-state index in [1.165, 1.54) is 96.3 Å². The predicted octanol–water partition coefficient (Wildman–Crippen LogP) is 8.43. The van der Waals surface area contributed by atoms with Gasteiger partial charge in [0.25, 0.3) is 0 Å². The Bertz CT molecular complexity index is 453. The van der Waals surface area contributed by atoms with Crippen molar-refractivity contribution in [3.63, 3.8) is 0 Å². The zero-order chi connectivity index (χ0) is 26.0. The second-order valence-corrected chi connectivity index (χ2v) is 11.1. The topological polar surface area (TPSA) is 77.8 Å². The van der Waals surface area contributed by atoms with Gasteiger partial charge in [0.05, 0.1) is 6.61 Å². The highest BCUT2D eigenvalue weighted by molar-refractivity contribution is 5.84. The summed E-state index contributed by atoms with van der Waals surface area (Å²) in [6.07, 6.45) is 27.6. The van der Waals surface area contributed by atoms with Gasteiger partial charge in [-0.25, -0.2) is 0 Å². The van der Waals surface area contributed by atoms with Crippen LogP contribution >= 0.6 is 0 Å². The number of hydrogen-bond acceptors (Lipinski definition) is 4. The summed E-state index contributed by atoms with van der Waals surface area (Å²) in [6, 6.07) is 0. The largest absolute Gasteiger partial charge is 0.393 e. The van der Waals surface area contributed by atoms with Gasteiger partial charge in [-0.3, -0.25) is 4.79 Å². The van der Waals surface area contributed by atoms with E-state index < -0.39 is 18.3 Å². The second kappa shape index (κ2) is 25.2. The van der Waals surface area contributed by atoms with E-state index in [0.717, 1.165) is 51.4 Å². The Kier molecular flexibility index (Phi) is 24.9. The number of carbonyl (C=O) groups is 1. The Morgan fingerprint density at radius 3 is 1.23 bits per heavy atom. The highest BCUT2D eigenvalue weighted by atomic mass is 16.4. The molecule has 0 aromatic rings. The number of hydrogen-bond donors (Lipinski definition) is 3. The Labute approximate surface area is 218 Å². The zero-order valence-corrected chi connectivity index (χ0v) is 23.7. The first kappa shape index (κ1) is 34.6. The molecule has 0 aliphatic rings. The standard InChI is InChI=1S/C31H62O4/c1-3-5-7-9-10-11-12-13-14-15-16-17-18-19-20-21-23-25-27-31(35,28-32)30(34)29(33)26-24-22-8-6-4-2/h30,32,34-35H,3-28H2,1-2H3. The molecule has 0 aliphatic carbocycles. The number of unbranched alkanes of at least 4 members (excludes halogenated alkanes) is 21. The Morgan fingerprint density at radius 1 is 0.571 bits per heavy atom. The summed E-state index contributed by atoms with van der Waals surface area (Å²) in [4.78, 5) is 12.3. The van der Waals surface area contributed by atoms with Crippen molar-refractivity contribution in [3.8, 4) is 0 Å². The van der Waals surface area contributed by atoms with Crippen molar-refractivity contribution in [1.82, 2.24) is 0 Å². The Hall–Kier alpha value is -0.450. The summed E-state index contributed by atoms with van der Waals surface area (Å²) in [7, 11) is 0. The number of carbonyl (C=O) groups excluding carboxylic acids is 1. The third-order valence-electron chi connectivity index (χ3n) is 7.58. The van der Waals surface area contributed by atoms with Gasteiger partial charge in [-0.1, -0.05) is 155 Å². The van der Waals surface area contributed by atoms with Crippen LogP contribution in [-0.4, -0.2) is 39.4 Å². The van der Waals surface area contributed by atoms with Crippen molar-refractivity contribution in [2.45, 2.75) is 186 Å². The first-order valence-electron chi connectivity index (χ1n) is 15.6. The van der Waals surface area contributed by atoms with E-state index in [9.17, 15) is 20.1 Å². The smallest absolute Gasteiger partial charge is 0.164 e. The Morgan fingerprint density at radius 2 is 0.886 bits per heavy atom. The molecular formula is C31H62O4. The number of rotatable bonds is 28. The van der Waals surface area contributed by atoms with E-state index in [1.54, 1.807) is 0 Å². The molecule has 4 heteroatoms. The molecule has 3 N–H and O–H groups in total. The van der Waals surface area contributed by atoms with Crippen LogP contribution in [0, 0.1) is 0 Å². The number of Topliss-reactive ketones (excluding diaryl/α,β-unsaturated/α-hetero) is 1. The predicted molar refractivity (Wildman–Crippen MR) is 150 cm³/mol. The van der Waals surface area contributed by atoms with Crippen molar-refractivity contribution < 1.29 is 20.1 Å². The Balaban J connectivity index is 3.60. The van der Waals surface area contributed by atoms with Crippen LogP contribution in [-0.2, 0) is 4.79 Å². The van der Waals surface area contributed by atoms with E-state index in [0.29, 0.717) is 0 Å². The molecule has 0 aromatic heterocycles. The summed E-state index contributed by atoms with van der Waals surface area (Å²) >= 11 is 0. The molecule has 0 aromatic carbocycles. The fraction of sp³-hybridized carbons (Fsp3) is 0.968. The van der Waals surface area contributed by atoms with E-state index in [1.807, 2.05) is 0 Å². The molecule has 4 nitrogen and oxygen atoms in total. The summed E-state index contributed by atoms with van der Waals surface area (Å²) in [5.74, 6) is -0.333. The van der Waals surface area contributed by atoms with Crippen molar-refractivity contribution in [2.24, 2.45) is 0 Å². The first-order valence-corrected chi connectivity index (χ1v) is 15.6. The van der Waals surface area contributed by atoms with Gasteiger partial charge in [0, 0.05) is 6.42 Å². The van der Waals surface area contributed by atoms with Crippen molar-refractivity contribution in [3.05, 3.63) is 0 Å². The third kappa shape index (κ3) is 20.3. The minimum absolute atomic E-state index is 0.283. The fourth-order valence-corrected chi connectivity index (χ4v) is 4.97. The average molecular weight is 499 g/mol. The van der Waals surface area contributed by atoms with E-state index in [-0.39, 0.29) is 18.6 Å². The summed E-state index contributed by atoms with van der Waals surface area (Å²) in [6.45, 7) is 3.86. The summed E-state index contributed by atoms with van der Waals surface area (Å²) in [5.41, 5.74) is -1.68. The van der Waals surface area contributed by atoms with Gasteiger partial charge in [-0.15, -0.1) is 0 Å².